The van der Waals surface area contributed by atoms with Crippen molar-refractivity contribution >= 4 is 28.2 Å². The summed E-state index contributed by atoms with van der Waals surface area (Å²) in [4.78, 5) is 20.1. The second kappa shape index (κ2) is 12.2. The second-order valence-corrected chi connectivity index (χ2v) is 9.55. The molecule has 0 atom stereocenters. The minimum atomic E-state index is -0.142. The predicted molar refractivity (Wildman–Crippen MR) is 148 cm³/mol. The SMILES string of the molecule is COc1ccc(CCNC(=S)N(CCCN(C)C)Cc2cc3cc4c(cc3[nH]c2=O)OCO4)cc1OC. The third-order valence-electron chi connectivity index (χ3n) is 6.23. The summed E-state index contributed by atoms with van der Waals surface area (Å²) in [5.74, 6) is 2.72. The third kappa shape index (κ3) is 6.64. The molecule has 37 heavy (non-hydrogen) atoms. The van der Waals surface area contributed by atoms with E-state index in [1.807, 2.05) is 44.4 Å². The maximum absolute atomic E-state index is 12.9. The Morgan fingerprint density at radius 2 is 1.81 bits per heavy atom. The fraction of sp³-hybridized carbons (Fsp3) is 0.407. The average molecular weight is 527 g/mol. The number of fused-ring (bicyclic) bond motifs is 2. The fourth-order valence-corrected chi connectivity index (χ4v) is 4.51. The van der Waals surface area contributed by atoms with E-state index in [4.69, 9.17) is 31.2 Å². The molecule has 9 nitrogen and oxygen atoms in total. The minimum absolute atomic E-state index is 0.142. The van der Waals surface area contributed by atoms with Crippen molar-refractivity contribution < 1.29 is 18.9 Å². The first-order valence-electron chi connectivity index (χ1n) is 12.2. The standard InChI is InChI=1S/C27H34N4O5S/c1-30(2)10-5-11-31(27(37)28-9-8-18-6-7-22(33-3)23(12-18)34-4)16-20-13-19-14-24-25(36-17-35-24)15-21(19)29-26(20)32/h6-7,12-15H,5,8-11,16-17H2,1-4H3,(H,28,37)(H,29,32). The van der Waals surface area contributed by atoms with Crippen molar-refractivity contribution in [2.75, 3.05) is 54.7 Å². The molecule has 2 heterocycles. The van der Waals surface area contributed by atoms with Crippen LogP contribution in [-0.2, 0) is 13.0 Å². The lowest BCUT2D eigenvalue weighted by atomic mass is 10.1. The van der Waals surface area contributed by atoms with E-state index in [1.54, 1.807) is 20.3 Å². The zero-order chi connectivity index (χ0) is 26.4. The number of benzene rings is 2. The number of thiocarbonyl (C=S) groups is 1. The van der Waals surface area contributed by atoms with Gasteiger partial charge in [0.1, 0.15) is 0 Å². The molecule has 0 spiro atoms. The maximum Gasteiger partial charge on any atom is 0.253 e. The first kappa shape index (κ1) is 26.6. The van der Waals surface area contributed by atoms with Crippen molar-refractivity contribution in [1.82, 2.24) is 20.1 Å². The number of nitrogens with one attached hydrogen (secondary N) is 2. The van der Waals surface area contributed by atoms with E-state index < -0.39 is 0 Å². The van der Waals surface area contributed by atoms with Gasteiger partial charge in [0.15, 0.2) is 28.1 Å². The molecule has 0 aliphatic carbocycles. The molecule has 1 aliphatic rings. The number of hydrogen-bond acceptors (Lipinski definition) is 7. The number of ether oxygens (including phenoxy) is 4. The van der Waals surface area contributed by atoms with E-state index in [2.05, 4.69) is 20.1 Å². The number of rotatable bonds is 11. The van der Waals surface area contributed by atoms with Crippen LogP contribution >= 0.6 is 12.2 Å². The first-order chi connectivity index (χ1) is 17.9. The first-order valence-corrected chi connectivity index (χ1v) is 12.6. The summed E-state index contributed by atoms with van der Waals surface area (Å²) in [6, 6.07) is 11.5. The van der Waals surface area contributed by atoms with Crippen molar-refractivity contribution in [3.63, 3.8) is 0 Å². The molecular formula is C27H34N4O5S. The number of aromatic nitrogens is 1. The quantitative estimate of drug-likeness (QED) is 0.366. The molecule has 2 N–H and O–H groups in total. The highest BCUT2D eigenvalue weighted by atomic mass is 32.1. The van der Waals surface area contributed by atoms with Crippen LogP contribution in [0.5, 0.6) is 23.0 Å². The number of aromatic amines is 1. The van der Waals surface area contributed by atoms with Gasteiger partial charge in [-0.25, -0.2) is 0 Å². The molecule has 10 heteroatoms. The van der Waals surface area contributed by atoms with Crippen LogP contribution in [0.25, 0.3) is 10.9 Å². The molecule has 0 amide bonds. The van der Waals surface area contributed by atoms with E-state index in [-0.39, 0.29) is 12.4 Å². The molecule has 0 unspecified atom stereocenters. The summed E-state index contributed by atoms with van der Waals surface area (Å²) in [6.07, 6.45) is 1.67. The number of H-pyrrole nitrogens is 1. The number of methoxy groups -OCH3 is 2. The molecule has 0 saturated heterocycles. The molecule has 2 aromatic carbocycles. The lowest BCUT2D eigenvalue weighted by Crippen LogP contribution is -2.42. The zero-order valence-corrected chi connectivity index (χ0v) is 22.6. The van der Waals surface area contributed by atoms with Gasteiger partial charge in [-0.2, -0.15) is 0 Å². The lowest BCUT2D eigenvalue weighted by molar-refractivity contribution is 0.174. The summed E-state index contributed by atoms with van der Waals surface area (Å²) in [5.41, 5.74) is 2.32. The van der Waals surface area contributed by atoms with Crippen LogP contribution in [-0.4, -0.2) is 74.6 Å². The Morgan fingerprint density at radius 3 is 2.54 bits per heavy atom. The van der Waals surface area contributed by atoms with Gasteiger partial charge in [-0.1, -0.05) is 6.07 Å². The van der Waals surface area contributed by atoms with Gasteiger partial charge in [0, 0.05) is 30.1 Å². The summed E-state index contributed by atoms with van der Waals surface area (Å²) in [6.45, 7) is 2.87. The molecular weight excluding hydrogens is 492 g/mol. The number of hydrogen-bond donors (Lipinski definition) is 2. The Bertz CT molecular complexity index is 1310. The molecule has 0 saturated carbocycles. The summed E-state index contributed by atoms with van der Waals surface area (Å²) >= 11 is 5.77. The minimum Gasteiger partial charge on any atom is -0.493 e. The fourth-order valence-electron chi connectivity index (χ4n) is 4.26. The van der Waals surface area contributed by atoms with Crippen molar-refractivity contribution in [2.45, 2.75) is 19.4 Å². The van der Waals surface area contributed by atoms with Gasteiger partial charge < -0.3 is 39.0 Å². The second-order valence-electron chi connectivity index (χ2n) is 9.17. The molecule has 0 radical (unpaired) electrons. The van der Waals surface area contributed by atoms with Gasteiger partial charge in [-0.3, -0.25) is 4.79 Å². The molecule has 4 rings (SSSR count). The largest absolute Gasteiger partial charge is 0.493 e. The Balaban J connectivity index is 1.46. The van der Waals surface area contributed by atoms with Crippen LogP contribution in [0.3, 0.4) is 0 Å². The number of nitrogens with zero attached hydrogens (tertiary/aromatic N) is 2. The zero-order valence-electron chi connectivity index (χ0n) is 21.8. The third-order valence-corrected chi connectivity index (χ3v) is 6.64. The van der Waals surface area contributed by atoms with Gasteiger partial charge in [-0.05, 0) is 75.5 Å². The molecule has 198 valence electrons. The highest BCUT2D eigenvalue weighted by Crippen LogP contribution is 2.35. The highest BCUT2D eigenvalue weighted by molar-refractivity contribution is 7.80. The highest BCUT2D eigenvalue weighted by Gasteiger charge is 2.17. The van der Waals surface area contributed by atoms with Crippen molar-refractivity contribution in [3.8, 4) is 23.0 Å². The number of pyridine rings is 1. The van der Waals surface area contributed by atoms with E-state index in [0.717, 1.165) is 36.9 Å². The molecule has 1 aliphatic heterocycles. The van der Waals surface area contributed by atoms with E-state index in [9.17, 15) is 4.79 Å². The van der Waals surface area contributed by atoms with Crippen LogP contribution in [0.4, 0.5) is 0 Å². The van der Waals surface area contributed by atoms with Crippen LogP contribution in [0.15, 0.2) is 41.2 Å². The molecule has 0 bridgehead atoms. The predicted octanol–water partition coefficient (Wildman–Crippen LogP) is 3.14. The van der Waals surface area contributed by atoms with Crippen molar-refractivity contribution in [2.24, 2.45) is 0 Å². The van der Waals surface area contributed by atoms with Gasteiger partial charge in [0.2, 0.25) is 6.79 Å². The van der Waals surface area contributed by atoms with Crippen LogP contribution in [0.1, 0.15) is 17.5 Å². The van der Waals surface area contributed by atoms with Crippen molar-refractivity contribution in [3.05, 3.63) is 57.9 Å². The Labute approximate surface area is 222 Å². The van der Waals surface area contributed by atoms with Gasteiger partial charge >= 0.3 is 0 Å². The Kier molecular flexibility index (Phi) is 8.73. The molecule has 3 aromatic rings. The van der Waals surface area contributed by atoms with Gasteiger partial charge in [0.25, 0.3) is 5.56 Å². The Hall–Kier alpha value is -3.50. The smallest absolute Gasteiger partial charge is 0.253 e. The molecule has 1 aromatic heterocycles. The summed E-state index contributed by atoms with van der Waals surface area (Å²) < 4.78 is 21.7. The van der Waals surface area contributed by atoms with E-state index >= 15 is 0 Å². The van der Waals surface area contributed by atoms with Gasteiger partial charge in [-0.15, -0.1) is 0 Å². The summed E-state index contributed by atoms with van der Waals surface area (Å²) in [5, 5.41) is 4.87. The van der Waals surface area contributed by atoms with Gasteiger partial charge in [0.05, 0.1) is 26.3 Å². The maximum atomic E-state index is 12.9. The Morgan fingerprint density at radius 1 is 1.05 bits per heavy atom. The lowest BCUT2D eigenvalue weighted by Gasteiger charge is -2.26. The van der Waals surface area contributed by atoms with Crippen LogP contribution in [0.2, 0.25) is 0 Å². The van der Waals surface area contributed by atoms with Crippen molar-refractivity contribution in [1.29, 1.82) is 0 Å². The normalized spacial score (nSPS) is 12.1. The van der Waals surface area contributed by atoms with E-state index in [1.165, 1.54) is 0 Å². The van der Waals surface area contributed by atoms with Crippen LogP contribution in [0, 0.1) is 0 Å². The summed E-state index contributed by atoms with van der Waals surface area (Å²) in [7, 11) is 7.34. The van der Waals surface area contributed by atoms with Crippen LogP contribution < -0.4 is 29.8 Å². The topological polar surface area (TPSA) is 88.3 Å². The average Bonchev–Trinajstić information content (AvgIpc) is 3.34. The van der Waals surface area contributed by atoms with E-state index in [0.29, 0.717) is 52.3 Å². The molecule has 0 fully saturated rings. The monoisotopic (exact) mass is 526 g/mol.